The molecule has 0 saturated heterocycles. The molecule has 0 bridgehead atoms. The highest BCUT2D eigenvalue weighted by atomic mass is 16.2. The summed E-state index contributed by atoms with van der Waals surface area (Å²) >= 11 is 0. The van der Waals surface area contributed by atoms with Crippen LogP contribution >= 0.6 is 0 Å². The van der Waals surface area contributed by atoms with Gasteiger partial charge in [-0.3, -0.25) is 9.78 Å². The number of pyridine rings is 1. The minimum absolute atomic E-state index is 0.0123. The fraction of sp³-hybridized carbons (Fsp3) is 0.412. The Morgan fingerprint density at radius 3 is 2.73 bits per heavy atom. The van der Waals surface area contributed by atoms with Gasteiger partial charge in [-0.25, -0.2) is 0 Å². The van der Waals surface area contributed by atoms with Crippen LogP contribution in [0.4, 0.5) is 0 Å². The summed E-state index contributed by atoms with van der Waals surface area (Å²) in [6.45, 7) is 7.06. The van der Waals surface area contributed by atoms with Crippen LogP contribution in [0, 0.1) is 13.8 Å². The molecule has 1 unspecified atom stereocenters. The topological polar surface area (TPSA) is 64.2 Å². The van der Waals surface area contributed by atoms with Crippen molar-refractivity contribution in [3.63, 3.8) is 0 Å². The van der Waals surface area contributed by atoms with Gasteiger partial charge in [0, 0.05) is 37.2 Å². The molecule has 2 aromatic heterocycles. The number of nitrogens with two attached hydrogens (primary N) is 1. The van der Waals surface area contributed by atoms with Gasteiger partial charge in [0.15, 0.2) is 0 Å². The first-order valence-corrected chi connectivity index (χ1v) is 7.49. The predicted octanol–water partition coefficient (Wildman–Crippen LogP) is 1.97. The molecule has 0 radical (unpaired) electrons. The largest absolute Gasteiger partial charge is 0.342 e. The molecule has 0 aliphatic carbocycles. The molecule has 0 saturated carbocycles. The van der Waals surface area contributed by atoms with Gasteiger partial charge in [-0.2, -0.15) is 0 Å². The van der Waals surface area contributed by atoms with E-state index in [9.17, 15) is 4.79 Å². The zero-order valence-corrected chi connectivity index (χ0v) is 13.7. The summed E-state index contributed by atoms with van der Waals surface area (Å²) in [7, 11) is 1.80. The van der Waals surface area contributed by atoms with E-state index in [1.165, 1.54) is 0 Å². The van der Waals surface area contributed by atoms with Crippen molar-refractivity contribution in [2.75, 3.05) is 13.6 Å². The zero-order valence-electron chi connectivity index (χ0n) is 13.7. The third-order valence-corrected chi connectivity index (χ3v) is 4.17. The maximum Gasteiger partial charge on any atom is 0.255 e. The van der Waals surface area contributed by atoms with E-state index in [0.29, 0.717) is 13.1 Å². The Morgan fingerprint density at radius 2 is 2.14 bits per heavy atom. The van der Waals surface area contributed by atoms with Gasteiger partial charge in [0.25, 0.3) is 5.91 Å². The first-order chi connectivity index (χ1) is 10.5. The summed E-state index contributed by atoms with van der Waals surface area (Å²) in [6.07, 6.45) is 1.78. The summed E-state index contributed by atoms with van der Waals surface area (Å²) < 4.78 is 2.12. The highest BCUT2D eigenvalue weighted by Gasteiger charge is 2.21. The maximum absolute atomic E-state index is 12.6. The average molecular weight is 300 g/mol. The Labute approximate surface area is 131 Å². The predicted molar refractivity (Wildman–Crippen MR) is 87.9 cm³/mol. The lowest BCUT2D eigenvalue weighted by Crippen LogP contribution is -2.39. The van der Waals surface area contributed by atoms with Gasteiger partial charge in [-0.05, 0) is 39.0 Å². The Hall–Kier alpha value is -2.14. The molecular weight excluding hydrogens is 276 g/mol. The second-order valence-corrected chi connectivity index (χ2v) is 5.69. The van der Waals surface area contributed by atoms with Crippen LogP contribution in [0.5, 0.6) is 0 Å². The quantitative estimate of drug-likeness (QED) is 0.918. The molecular formula is C17H24N4O. The molecule has 0 aromatic carbocycles. The standard InChI is InChI=1S/C17H24N4O/c1-12-9-16(17(22)20(4)13(2)10-18)14(3)21(12)11-15-7-5-6-8-19-15/h5-9,13H,10-11,18H2,1-4H3. The Kier molecular flexibility index (Phi) is 4.98. The van der Waals surface area contributed by atoms with E-state index in [2.05, 4.69) is 9.55 Å². The van der Waals surface area contributed by atoms with Gasteiger partial charge in [0.2, 0.25) is 0 Å². The third-order valence-electron chi connectivity index (χ3n) is 4.17. The number of rotatable bonds is 5. The number of hydrogen-bond donors (Lipinski definition) is 1. The van der Waals surface area contributed by atoms with Crippen molar-refractivity contribution in [1.82, 2.24) is 14.5 Å². The van der Waals surface area contributed by atoms with E-state index < -0.39 is 0 Å². The monoisotopic (exact) mass is 300 g/mol. The molecule has 0 fully saturated rings. The lowest BCUT2D eigenvalue weighted by Gasteiger charge is -2.23. The minimum Gasteiger partial charge on any atom is -0.342 e. The van der Waals surface area contributed by atoms with Crippen LogP contribution in [0.15, 0.2) is 30.5 Å². The first-order valence-electron chi connectivity index (χ1n) is 7.49. The van der Waals surface area contributed by atoms with Crippen LogP contribution in [0.1, 0.15) is 34.4 Å². The van der Waals surface area contributed by atoms with Crippen LogP contribution < -0.4 is 5.73 Å². The second-order valence-electron chi connectivity index (χ2n) is 5.69. The number of carbonyl (C=O) groups excluding carboxylic acids is 1. The number of amides is 1. The van der Waals surface area contributed by atoms with Crippen molar-refractivity contribution in [2.45, 2.75) is 33.4 Å². The Morgan fingerprint density at radius 1 is 1.41 bits per heavy atom. The smallest absolute Gasteiger partial charge is 0.255 e. The summed E-state index contributed by atoms with van der Waals surface area (Å²) in [5.41, 5.74) is 9.39. The van der Waals surface area contributed by atoms with Crippen molar-refractivity contribution in [1.29, 1.82) is 0 Å². The zero-order chi connectivity index (χ0) is 16.3. The molecule has 0 aliphatic rings. The number of nitrogens with zero attached hydrogens (tertiary/aromatic N) is 3. The summed E-state index contributed by atoms with van der Waals surface area (Å²) in [5, 5.41) is 0. The molecule has 0 spiro atoms. The number of likely N-dealkylation sites (N-methyl/N-ethyl adjacent to an activating group) is 1. The number of aromatic nitrogens is 2. The third kappa shape index (κ3) is 3.20. The van der Waals surface area contributed by atoms with Crippen molar-refractivity contribution in [2.24, 2.45) is 5.73 Å². The average Bonchev–Trinajstić information content (AvgIpc) is 2.81. The fourth-order valence-corrected chi connectivity index (χ4v) is 2.46. The van der Waals surface area contributed by atoms with E-state index in [-0.39, 0.29) is 11.9 Å². The van der Waals surface area contributed by atoms with E-state index in [1.807, 2.05) is 45.0 Å². The van der Waals surface area contributed by atoms with E-state index in [1.54, 1.807) is 18.1 Å². The van der Waals surface area contributed by atoms with Crippen LogP contribution in [0.2, 0.25) is 0 Å². The van der Waals surface area contributed by atoms with Crippen molar-refractivity contribution in [3.05, 3.63) is 53.1 Å². The van der Waals surface area contributed by atoms with E-state index in [0.717, 1.165) is 22.6 Å². The molecule has 5 nitrogen and oxygen atoms in total. The summed E-state index contributed by atoms with van der Waals surface area (Å²) in [5.74, 6) is 0.0123. The van der Waals surface area contributed by atoms with Crippen LogP contribution in [0.25, 0.3) is 0 Å². The van der Waals surface area contributed by atoms with Gasteiger partial charge in [0.05, 0.1) is 17.8 Å². The van der Waals surface area contributed by atoms with Crippen LogP contribution in [0.3, 0.4) is 0 Å². The highest BCUT2D eigenvalue weighted by molar-refractivity contribution is 5.95. The maximum atomic E-state index is 12.6. The number of carbonyl (C=O) groups is 1. The molecule has 0 aliphatic heterocycles. The molecule has 1 amide bonds. The van der Waals surface area contributed by atoms with Crippen LogP contribution in [-0.4, -0.2) is 40.0 Å². The van der Waals surface area contributed by atoms with E-state index >= 15 is 0 Å². The highest BCUT2D eigenvalue weighted by Crippen LogP contribution is 2.18. The molecule has 2 N–H and O–H groups in total. The molecule has 118 valence electrons. The fourth-order valence-electron chi connectivity index (χ4n) is 2.46. The molecule has 22 heavy (non-hydrogen) atoms. The van der Waals surface area contributed by atoms with Crippen molar-refractivity contribution >= 4 is 5.91 Å². The van der Waals surface area contributed by atoms with Gasteiger partial charge in [-0.1, -0.05) is 6.07 Å². The van der Waals surface area contributed by atoms with Gasteiger partial charge < -0.3 is 15.2 Å². The normalized spacial score (nSPS) is 12.2. The Balaban J connectivity index is 2.29. The van der Waals surface area contributed by atoms with Gasteiger partial charge in [0.1, 0.15) is 0 Å². The lowest BCUT2D eigenvalue weighted by atomic mass is 10.2. The van der Waals surface area contributed by atoms with Gasteiger partial charge in [-0.15, -0.1) is 0 Å². The first kappa shape index (κ1) is 16.2. The minimum atomic E-state index is 0.0123. The molecule has 2 rings (SSSR count). The SMILES string of the molecule is Cc1cc(C(=O)N(C)C(C)CN)c(C)n1Cc1ccccn1. The molecule has 1 atom stereocenters. The van der Waals surface area contributed by atoms with Crippen LogP contribution in [-0.2, 0) is 6.54 Å². The molecule has 2 heterocycles. The molecule has 2 aromatic rings. The summed E-state index contributed by atoms with van der Waals surface area (Å²) in [4.78, 5) is 18.7. The van der Waals surface area contributed by atoms with Crippen molar-refractivity contribution < 1.29 is 4.79 Å². The molecule has 5 heteroatoms. The summed E-state index contributed by atoms with van der Waals surface area (Å²) in [6, 6.07) is 7.82. The lowest BCUT2D eigenvalue weighted by molar-refractivity contribution is 0.0747. The number of hydrogen-bond acceptors (Lipinski definition) is 3. The second kappa shape index (κ2) is 6.75. The number of aryl methyl sites for hydroxylation is 1. The van der Waals surface area contributed by atoms with E-state index in [4.69, 9.17) is 5.73 Å². The van der Waals surface area contributed by atoms with Crippen molar-refractivity contribution in [3.8, 4) is 0 Å². The van der Waals surface area contributed by atoms with Gasteiger partial charge >= 0.3 is 0 Å². The Bertz CT molecular complexity index is 648.